The van der Waals surface area contributed by atoms with Gasteiger partial charge in [-0.1, -0.05) is 44.9 Å². The van der Waals surface area contributed by atoms with Crippen LogP contribution in [0, 0.1) is 0 Å². The number of aliphatic hydroxyl groups excluding tert-OH is 2. The number of ether oxygens (including phenoxy) is 3. The number of carbonyl (C=O) groups excluding carboxylic acids is 2. The zero-order valence-electron chi connectivity index (χ0n) is 19.2. The van der Waals surface area contributed by atoms with Gasteiger partial charge in [0.05, 0.1) is 6.61 Å². The predicted octanol–water partition coefficient (Wildman–Crippen LogP) is 1.99. The van der Waals surface area contributed by atoms with Gasteiger partial charge in [0.25, 0.3) is 0 Å². The average Bonchev–Trinajstić information content (AvgIpc) is 2.75. The molecule has 0 aliphatic carbocycles. The van der Waals surface area contributed by atoms with Crippen LogP contribution in [0.3, 0.4) is 0 Å². The molecular formula is C22H43NO7. The van der Waals surface area contributed by atoms with Gasteiger partial charge in [0.1, 0.15) is 24.4 Å². The summed E-state index contributed by atoms with van der Waals surface area (Å²) >= 11 is 0. The van der Waals surface area contributed by atoms with Crippen molar-refractivity contribution in [2.24, 2.45) is 0 Å². The van der Waals surface area contributed by atoms with Crippen LogP contribution in [0.2, 0.25) is 0 Å². The molecule has 4 atom stereocenters. The number of rotatable bonds is 20. The second kappa shape index (κ2) is 18.7. The molecular weight excluding hydrogens is 390 g/mol. The Bertz CT molecular complexity index is 447. The number of nitrogens with one attached hydrogen (secondary N) is 1. The van der Waals surface area contributed by atoms with Gasteiger partial charge in [0.15, 0.2) is 5.78 Å². The Morgan fingerprint density at radius 2 is 1.30 bits per heavy atom. The number of unbranched alkanes of at least 4 members (excludes halogenated alkanes) is 8. The molecule has 0 aliphatic heterocycles. The fourth-order valence-electron chi connectivity index (χ4n) is 3.42. The van der Waals surface area contributed by atoms with Crippen LogP contribution in [0.5, 0.6) is 0 Å². The molecule has 0 aromatic rings. The van der Waals surface area contributed by atoms with Gasteiger partial charge in [-0.25, -0.2) is 0 Å². The molecule has 0 aromatic heterocycles. The Balaban J connectivity index is 3.92. The van der Waals surface area contributed by atoms with E-state index in [2.05, 4.69) is 5.32 Å². The van der Waals surface area contributed by atoms with Gasteiger partial charge in [0, 0.05) is 41.2 Å². The van der Waals surface area contributed by atoms with Crippen molar-refractivity contribution in [3.05, 3.63) is 0 Å². The van der Waals surface area contributed by atoms with E-state index in [1.165, 1.54) is 27.8 Å². The van der Waals surface area contributed by atoms with Crippen LogP contribution in [-0.4, -0.2) is 81.3 Å². The van der Waals surface area contributed by atoms with E-state index in [0.717, 1.165) is 44.9 Å². The van der Waals surface area contributed by atoms with Crippen LogP contribution in [-0.2, 0) is 23.8 Å². The minimum Gasteiger partial charge on any atom is -0.387 e. The SMILES string of the molecule is CNC(=O)CCCCCCCCCCCC(=O)C(O)C(OC)C(O)C(COC)OC. The van der Waals surface area contributed by atoms with Crippen LogP contribution in [0.4, 0.5) is 0 Å². The van der Waals surface area contributed by atoms with E-state index in [1.54, 1.807) is 7.05 Å². The summed E-state index contributed by atoms with van der Waals surface area (Å²) in [7, 11) is 5.92. The van der Waals surface area contributed by atoms with Gasteiger partial charge in [-0.05, 0) is 12.8 Å². The lowest BCUT2D eigenvalue weighted by atomic mass is 9.97. The Morgan fingerprint density at radius 3 is 1.73 bits per heavy atom. The highest BCUT2D eigenvalue weighted by atomic mass is 16.5. The van der Waals surface area contributed by atoms with Crippen molar-refractivity contribution in [3.63, 3.8) is 0 Å². The summed E-state index contributed by atoms with van der Waals surface area (Å²) in [5.41, 5.74) is 0. The number of carbonyl (C=O) groups is 2. The van der Waals surface area contributed by atoms with Crippen molar-refractivity contribution in [1.82, 2.24) is 5.32 Å². The number of hydrogen-bond donors (Lipinski definition) is 3. The summed E-state index contributed by atoms with van der Waals surface area (Å²) < 4.78 is 15.3. The third-order valence-corrected chi connectivity index (χ3v) is 5.37. The van der Waals surface area contributed by atoms with Gasteiger partial charge in [-0.2, -0.15) is 0 Å². The lowest BCUT2D eigenvalue weighted by Crippen LogP contribution is -2.50. The van der Waals surface area contributed by atoms with E-state index in [0.29, 0.717) is 12.8 Å². The van der Waals surface area contributed by atoms with E-state index < -0.39 is 24.4 Å². The van der Waals surface area contributed by atoms with Gasteiger partial charge in [-0.3, -0.25) is 9.59 Å². The van der Waals surface area contributed by atoms with Crippen molar-refractivity contribution >= 4 is 11.7 Å². The van der Waals surface area contributed by atoms with E-state index in [-0.39, 0.29) is 24.7 Å². The normalized spacial score (nSPS) is 15.4. The molecule has 0 bridgehead atoms. The van der Waals surface area contributed by atoms with Gasteiger partial charge < -0.3 is 29.7 Å². The summed E-state index contributed by atoms with van der Waals surface area (Å²) in [5, 5.41) is 23.3. The van der Waals surface area contributed by atoms with Crippen molar-refractivity contribution in [2.45, 2.75) is 95.0 Å². The molecule has 4 unspecified atom stereocenters. The lowest BCUT2D eigenvalue weighted by Gasteiger charge is -2.30. The molecule has 30 heavy (non-hydrogen) atoms. The third kappa shape index (κ3) is 12.6. The Hall–Kier alpha value is -1.06. The van der Waals surface area contributed by atoms with E-state index in [1.807, 2.05) is 0 Å². The summed E-state index contributed by atoms with van der Waals surface area (Å²) in [6.07, 6.45) is 5.87. The first-order chi connectivity index (χ1) is 14.4. The molecule has 8 heteroatoms. The van der Waals surface area contributed by atoms with Gasteiger partial charge in [-0.15, -0.1) is 0 Å². The fraction of sp³-hybridized carbons (Fsp3) is 0.909. The van der Waals surface area contributed by atoms with Crippen LogP contribution < -0.4 is 5.32 Å². The standard InChI is InChI=1S/C22H43NO7/c1-23-19(25)15-13-11-9-7-5-6-8-10-12-14-17(24)20(26)22(30-4)21(27)18(29-3)16-28-2/h18,20-22,26-27H,5-16H2,1-4H3,(H,23,25). The van der Waals surface area contributed by atoms with Crippen molar-refractivity contribution in [1.29, 1.82) is 0 Å². The first-order valence-electron chi connectivity index (χ1n) is 11.1. The molecule has 0 saturated heterocycles. The van der Waals surface area contributed by atoms with Crippen molar-refractivity contribution < 1.29 is 34.0 Å². The van der Waals surface area contributed by atoms with Gasteiger partial charge >= 0.3 is 0 Å². The van der Waals surface area contributed by atoms with Crippen LogP contribution >= 0.6 is 0 Å². The highest BCUT2D eigenvalue weighted by molar-refractivity contribution is 5.83. The molecule has 0 radical (unpaired) electrons. The minimum absolute atomic E-state index is 0.106. The van der Waals surface area contributed by atoms with Crippen LogP contribution in [0.1, 0.15) is 70.6 Å². The molecule has 3 N–H and O–H groups in total. The summed E-state index contributed by atoms with van der Waals surface area (Å²) in [4.78, 5) is 23.4. The first-order valence-corrected chi connectivity index (χ1v) is 11.1. The highest BCUT2D eigenvalue weighted by Crippen LogP contribution is 2.16. The molecule has 0 saturated carbocycles. The molecule has 0 aromatic carbocycles. The number of hydrogen-bond acceptors (Lipinski definition) is 7. The zero-order valence-corrected chi connectivity index (χ0v) is 19.2. The number of aliphatic hydroxyl groups is 2. The van der Waals surface area contributed by atoms with Crippen LogP contribution in [0.25, 0.3) is 0 Å². The second-order valence-corrected chi connectivity index (χ2v) is 7.69. The average molecular weight is 434 g/mol. The lowest BCUT2D eigenvalue weighted by molar-refractivity contribution is -0.157. The molecule has 1 amide bonds. The molecule has 0 rings (SSSR count). The van der Waals surface area contributed by atoms with E-state index >= 15 is 0 Å². The topological polar surface area (TPSA) is 114 Å². The quantitative estimate of drug-likeness (QED) is 0.252. The number of ketones is 1. The molecule has 0 aliphatic rings. The molecule has 0 heterocycles. The summed E-state index contributed by atoms with van der Waals surface area (Å²) in [6.45, 7) is 0.131. The minimum atomic E-state index is -1.39. The maximum Gasteiger partial charge on any atom is 0.219 e. The van der Waals surface area contributed by atoms with Crippen LogP contribution in [0.15, 0.2) is 0 Å². The Morgan fingerprint density at radius 1 is 0.800 bits per heavy atom. The molecule has 178 valence electrons. The molecule has 0 spiro atoms. The molecule has 0 fully saturated rings. The number of amides is 1. The first kappa shape index (κ1) is 28.9. The third-order valence-electron chi connectivity index (χ3n) is 5.37. The van der Waals surface area contributed by atoms with E-state index in [4.69, 9.17) is 14.2 Å². The number of methoxy groups -OCH3 is 3. The van der Waals surface area contributed by atoms with Crippen molar-refractivity contribution in [3.8, 4) is 0 Å². The smallest absolute Gasteiger partial charge is 0.219 e. The monoisotopic (exact) mass is 433 g/mol. The Kier molecular flexibility index (Phi) is 18.0. The van der Waals surface area contributed by atoms with E-state index in [9.17, 15) is 19.8 Å². The van der Waals surface area contributed by atoms with Crippen molar-refractivity contribution in [2.75, 3.05) is 35.0 Å². The maximum absolute atomic E-state index is 12.3. The summed E-state index contributed by atoms with van der Waals surface area (Å²) in [6, 6.07) is 0. The maximum atomic E-state index is 12.3. The molecule has 8 nitrogen and oxygen atoms in total. The second-order valence-electron chi connectivity index (χ2n) is 7.69. The largest absolute Gasteiger partial charge is 0.387 e. The summed E-state index contributed by atoms with van der Waals surface area (Å²) in [5.74, 6) is -0.223. The number of Topliss-reactive ketones (excluding diaryl/α,β-unsaturated/α-hetero) is 1. The predicted molar refractivity (Wildman–Crippen MR) is 115 cm³/mol. The zero-order chi connectivity index (χ0) is 22.8. The van der Waals surface area contributed by atoms with Gasteiger partial charge in [0.2, 0.25) is 5.91 Å². The Labute approximate surface area is 181 Å². The fourth-order valence-corrected chi connectivity index (χ4v) is 3.42. The highest BCUT2D eigenvalue weighted by Gasteiger charge is 2.36.